The van der Waals surface area contributed by atoms with Crippen LogP contribution in [0.5, 0.6) is 0 Å². The Balaban J connectivity index is 1.92. The minimum atomic E-state index is -0.609. The van der Waals surface area contributed by atoms with Gasteiger partial charge < -0.3 is 5.11 Å². The standard InChI is InChI=1S/C9H14O2/c10-9(11)5-8-4-6-1-2-7(8)3-6/h6-8H,1-5H2,(H,10,11)/t6-,7+,8?/m1/s1. The lowest BCUT2D eigenvalue weighted by Crippen LogP contribution is -2.14. The van der Waals surface area contributed by atoms with Gasteiger partial charge in [0, 0.05) is 6.42 Å². The van der Waals surface area contributed by atoms with Crippen LogP contribution >= 0.6 is 0 Å². The van der Waals surface area contributed by atoms with Crippen LogP contribution in [-0.2, 0) is 4.79 Å². The van der Waals surface area contributed by atoms with E-state index in [9.17, 15) is 4.79 Å². The maximum atomic E-state index is 10.4. The Labute approximate surface area is 66.6 Å². The van der Waals surface area contributed by atoms with E-state index in [-0.39, 0.29) is 0 Å². The summed E-state index contributed by atoms with van der Waals surface area (Å²) in [7, 11) is 0. The molecule has 1 N–H and O–H groups in total. The molecule has 0 aromatic carbocycles. The van der Waals surface area contributed by atoms with Crippen LogP contribution in [0, 0.1) is 17.8 Å². The summed E-state index contributed by atoms with van der Waals surface area (Å²) >= 11 is 0. The maximum absolute atomic E-state index is 10.4. The molecular weight excluding hydrogens is 140 g/mol. The molecule has 0 amide bonds. The average molecular weight is 154 g/mol. The fourth-order valence-corrected chi connectivity index (χ4v) is 2.85. The summed E-state index contributed by atoms with van der Waals surface area (Å²) in [5.41, 5.74) is 0. The third-order valence-corrected chi connectivity index (χ3v) is 3.32. The molecule has 0 heterocycles. The Bertz CT molecular complexity index is 176. The molecule has 62 valence electrons. The van der Waals surface area contributed by atoms with Crippen LogP contribution in [0.4, 0.5) is 0 Å². The number of rotatable bonds is 2. The molecule has 1 unspecified atom stereocenters. The van der Waals surface area contributed by atoms with Gasteiger partial charge in [-0.2, -0.15) is 0 Å². The molecule has 2 bridgehead atoms. The average Bonchev–Trinajstić information content (AvgIpc) is 2.45. The van der Waals surface area contributed by atoms with Gasteiger partial charge in [-0.15, -0.1) is 0 Å². The quantitative estimate of drug-likeness (QED) is 0.659. The van der Waals surface area contributed by atoms with Crippen LogP contribution in [0.1, 0.15) is 32.1 Å². The predicted octanol–water partition coefficient (Wildman–Crippen LogP) is 1.90. The lowest BCUT2D eigenvalue weighted by Gasteiger charge is -2.18. The third kappa shape index (κ3) is 1.26. The first-order valence-corrected chi connectivity index (χ1v) is 4.47. The highest BCUT2D eigenvalue weighted by Crippen LogP contribution is 2.49. The van der Waals surface area contributed by atoms with Crippen molar-refractivity contribution in [3.05, 3.63) is 0 Å². The van der Waals surface area contributed by atoms with E-state index < -0.39 is 5.97 Å². The zero-order valence-corrected chi connectivity index (χ0v) is 6.62. The van der Waals surface area contributed by atoms with Crippen molar-refractivity contribution in [3.63, 3.8) is 0 Å². The number of carboxylic acid groups (broad SMARTS) is 1. The molecule has 3 atom stereocenters. The Morgan fingerprint density at radius 2 is 2.18 bits per heavy atom. The van der Waals surface area contributed by atoms with E-state index in [0.717, 1.165) is 11.8 Å². The van der Waals surface area contributed by atoms with Crippen molar-refractivity contribution < 1.29 is 9.90 Å². The Morgan fingerprint density at radius 3 is 2.64 bits per heavy atom. The lowest BCUT2D eigenvalue weighted by atomic mass is 9.86. The number of carboxylic acids is 1. The van der Waals surface area contributed by atoms with Gasteiger partial charge in [0.1, 0.15) is 0 Å². The van der Waals surface area contributed by atoms with Crippen molar-refractivity contribution in [1.82, 2.24) is 0 Å². The fourth-order valence-electron chi connectivity index (χ4n) is 2.85. The zero-order chi connectivity index (χ0) is 7.84. The highest BCUT2D eigenvalue weighted by Gasteiger charge is 2.39. The number of aliphatic carboxylic acids is 1. The molecule has 11 heavy (non-hydrogen) atoms. The van der Waals surface area contributed by atoms with Crippen molar-refractivity contribution in [1.29, 1.82) is 0 Å². The molecule has 0 radical (unpaired) electrons. The van der Waals surface area contributed by atoms with Crippen molar-refractivity contribution in [2.45, 2.75) is 32.1 Å². The first kappa shape index (κ1) is 7.14. The second kappa shape index (κ2) is 2.50. The highest BCUT2D eigenvalue weighted by atomic mass is 16.4. The Morgan fingerprint density at radius 1 is 1.36 bits per heavy atom. The molecular formula is C9H14O2. The molecule has 0 saturated heterocycles. The van der Waals surface area contributed by atoms with Gasteiger partial charge in [-0.25, -0.2) is 0 Å². The molecule has 2 saturated carbocycles. The predicted molar refractivity (Wildman–Crippen MR) is 41.2 cm³/mol. The van der Waals surface area contributed by atoms with Crippen LogP contribution in [0.2, 0.25) is 0 Å². The molecule has 0 spiro atoms. The maximum Gasteiger partial charge on any atom is 0.303 e. The SMILES string of the molecule is O=C(O)CC1C[C@@H]2CC[C@H]1C2. The molecule has 2 aliphatic rings. The third-order valence-electron chi connectivity index (χ3n) is 3.32. The first-order chi connectivity index (χ1) is 5.25. The molecule has 2 aliphatic carbocycles. The number of carbonyl (C=O) groups is 1. The van der Waals surface area contributed by atoms with Crippen LogP contribution in [0.25, 0.3) is 0 Å². The second-order valence-corrected chi connectivity index (χ2v) is 4.03. The molecule has 2 nitrogen and oxygen atoms in total. The summed E-state index contributed by atoms with van der Waals surface area (Å²) < 4.78 is 0. The molecule has 2 rings (SSSR count). The minimum Gasteiger partial charge on any atom is -0.481 e. The van der Waals surface area contributed by atoms with Crippen molar-refractivity contribution in [2.75, 3.05) is 0 Å². The van der Waals surface area contributed by atoms with Gasteiger partial charge in [0.15, 0.2) is 0 Å². The number of hydrogen-bond acceptors (Lipinski definition) is 1. The summed E-state index contributed by atoms with van der Waals surface area (Å²) in [5, 5.41) is 8.60. The fraction of sp³-hybridized carbons (Fsp3) is 0.889. The normalized spacial score (nSPS) is 41.3. The summed E-state index contributed by atoms with van der Waals surface area (Å²) in [6.07, 6.45) is 5.58. The minimum absolute atomic E-state index is 0.418. The van der Waals surface area contributed by atoms with Crippen molar-refractivity contribution in [3.8, 4) is 0 Å². The van der Waals surface area contributed by atoms with Gasteiger partial charge in [0.2, 0.25) is 0 Å². The Kier molecular flexibility index (Phi) is 1.63. The van der Waals surface area contributed by atoms with Crippen molar-refractivity contribution in [2.24, 2.45) is 17.8 Å². The number of fused-ring (bicyclic) bond motifs is 2. The summed E-state index contributed by atoms with van der Waals surface area (Å²) in [4.78, 5) is 10.4. The van der Waals surface area contributed by atoms with Gasteiger partial charge >= 0.3 is 5.97 Å². The van der Waals surface area contributed by atoms with E-state index in [2.05, 4.69) is 0 Å². The van der Waals surface area contributed by atoms with Crippen LogP contribution in [0.3, 0.4) is 0 Å². The molecule has 0 aliphatic heterocycles. The monoisotopic (exact) mass is 154 g/mol. The second-order valence-electron chi connectivity index (χ2n) is 4.03. The van der Waals surface area contributed by atoms with E-state index in [1.165, 1.54) is 25.7 Å². The van der Waals surface area contributed by atoms with Gasteiger partial charge in [0.25, 0.3) is 0 Å². The van der Waals surface area contributed by atoms with E-state index >= 15 is 0 Å². The first-order valence-electron chi connectivity index (χ1n) is 4.47. The number of hydrogen-bond donors (Lipinski definition) is 1. The molecule has 2 heteroatoms. The van der Waals surface area contributed by atoms with E-state index in [1.54, 1.807) is 0 Å². The summed E-state index contributed by atoms with van der Waals surface area (Å²) in [6, 6.07) is 0. The topological polar surface area (TPSA) is 37.3 Å². The van der Waals surface area contributed by atoms with Gasteiger partial charge in [-0.05, 0) is 37.0 Å². The largest absolute Gasteiger partial charge is 0.481 e. The van der Waals surface area contributed by atoms with Gasteiger partial charge in [0.05, 0.1) is 0 Å². The lowest BCUT2D eigenvalue weighted by molar-refractivity contribution is -0.138. The summed E-state index contributed by atoms with van der Waals surface area (Å²) in [6.45, 7) is 0. The van der Waals surface area contributed by atoms with Crippen LogP contribution in [0.15, 0.2) is 0 Å². The highest BCUT2D eigenvalue weighted by molar-refractivity contribution is 5.67. The smallest absolute Gasteiger partial charge is 0.303 e. The van der Waals surface area contributed by atoms with Crippen LogP contribution in [-0.4, -0.2) is 11.1 Å². The van der Waals surface area contributed by atoms with Crippen molar-refractivity contribution >= 4 is 5.97 Å². The van der Waals surface area contributed by atoms with E-state index in [4.69, 9.17) is 5.11 Å². The summed E-state index contributed by atoms with van der Waals surface area (Å²) in [5.74, 6) is 1.55. The van der Waals surface area contributed by atoms with E-state index in [1.807, 2.05) is 0 Å². The van der Waals surface area contributed by atoms with Gasteiger partial charge in [-0.1, -0.05) is 6.42 Å². The van der Waals surface area contributed by atoms with E-state index in [0.29, 0.717) is 12.3 Å². The molecule has 2 fully saturated rings. The van der Waals surface area contributed by atoms with Gasteiger partial charge in [-0.3, -0.25) is 4.79 Å². The van der Waals surface area contributed by atoms with Crippen LogP contribution < -0.4 is 0 Å². The Hall–Kier alpha value is -0.530. The molecule has 0 aromatic heterocycles. The molecule has 0 aromatic rings. The zero-order valence-electron chi connectivity index (χ0n) is 6.62.